The maximum atomic E-state index is 12.5. The molecule has 0 aliphatic rings. The molecule has 9 heteroatoms. The first-order chi connectivity index (χ1) is 10.4. The highest BCUT2D eigenvalue weighted by atomic mass is 32.2. The van der Waals surface area contributed by atoms with E-state index in [1.54, 1.807) is 0 Å². The van der Waals surface area contributed by atoms with Gasteiger partial charge in [0.25, 0.3) is 5.91 Å². The highest BCUT2D eigenvalue weighted by Crippen LogP contribution is 2.29. The monoisotopic (exact) mass is 330 g/mol. The highest BCUT2D eigenvalue weighted by molar-refractivity contribution is 7.98. The number of hydrogen-bond acceptors (Lipinski definition) is 4. The molecule has 1 aromatic heterocycles. The molecule has 0 aliphatic carbocycles. The zero-order valence-corrected chi connectivity index (χ0v) is 12.4. The Morgan fingerprint density at radius 1 is 1.32 bits per heavy atom. The summed E-state index contributed by atoms with van der Waals surface area (Å²) in [6, 6.07) is 4.75. The quantitative estimate of drug-likeness (QED) is 0.857. The molecule has 0 spiro atoms. The first-order valence-corrected chi connectivity index (χ1v) is 7.61. The molecular formula is C13H13F3N4OS. The van der Waals surface area contributed by atoms with E-state index in [0.717, 1.165) is 12.1 Å². The maximum absolute atomic E-state index is 12.5. The largest absolute Gasteiger partial charge is 0.416 e. The van der Waals surface area contributed by atoms with Crippen LogP contribution in [-0.2, 0) is 12.7 Å². The summed E-state index contributed by atoms with van der Waals surface area (Å²) in [5.74, 6) is 0.0650. The van der Waals surface area contributed by atoms with Crippen molar-refractivity contribution in [2.24, 2.45) is 0 Å². The van der Waals surface area contributed by atoms with Crippen LogP contribution < -0.4 is 0 Å². The van der Waals surface area contributed by atoms with Gasteiger partial charge in [0, 0.05) is 6.54 Å². The molecule has 2 rings (SSSR count). The van der Waals surface area contributed by atoms with E-state index in [2.05, 4.69) is 15.4 Å². The molecule has 1 aromatic carbocycles. The number of thioether (sulfide) groups is 1. The number of amides is 1. The normalized spacial score (nSPS) is 11.5. The van der Waals surface area contributed by atoms with Crippen molar-refractivity contribution in [1.29, 1.82) is 0 Å². The van der Waals surface area contributed by atoms with Crippen LogP contribution in [0.25, 0.3) is 0 Å². The maximum Gasteiger partial charge on any atom is 0.416 e. The van der Waals surface area contributed by atoms with Crippen LogP contribution in [0, 0.1) is 0 Å². The van der Waals surface area contributed by atoms with Gasteiger partial charge in [-0.1, -0.05) is 12.1 Å². The second-order valence-electron chi connectivity index (χ2n) is 4.47. The van der Waals surface area contributed by atoms with Crippen molar-refractivity contribution in [2.75, 3.05) is 12.1 Å². The molecule has 5 nitrogen and oxygen atoms in total. The van der Waals surface area contributed by atoms with E-state index in [4.69, 9.17) is 0 Å². The van der Waals surface area contributed by atoms with Crippen molar-refractivity contribution in [3.8, 4) is 0 Å². The summed E-state index contributed by atoms with van der Waals surface area (Å²) in [5.41, 5.74) is 0.0651. The van der Waals surface area contributed by atoms with Crippen LogP contribution >= 0.6 is 11.8 Å². The predicted octanol–water partition coefficient (Wildman–Crippen LogP) is 2.79. The lowest BCUT2D eigenvalue weighted by Crippen LogP contribution is -2.30. The van der Waals surface area contributed by atoms with Crippen molar-refractivity contribution in [3.63, 3.8) is 0 Å². The van der Waals surface area contributed by atoms with Gasteiger partial charge in [-0.2, -0.15) is 28.6 Å². The number of nitrogens with zero attached hydrogens (tertiary/aromatic N) is 3. The molecule has 1 amide bonds. The zero-order valence-electron chi connectivity index (χ0n) is 11.6. The summed E-state index contributed by atoms with van der Waals surface area (Å²) in [6.07, 6.45) is -1.23. The van der Waals surface area contributed by atoms with Gasteiger partial charge in [-0.05, 0) is 24.0 Å². The molecule has 0 saturated carbocycles. The van der Waals surface area contributed by atoms with E-state index < -0.39 is 11.7 Å². The van der Waals surface area contributed by atoms with Gasteiger partial charge in [0.15, 0.2) is 5.69 Å². The standard InChI is InChI=1S/C13H13F3N4OS/c1-22-8-20(12(21)11-6-17-19-18-11)7-9-2-4-10(5-3-9)13(14,15)16/h2-6H,7-8H2,1H3,(H,17,18,19). The third-order valence-corrected chi connectivity index (χ3v) is 3.43. The molecular weight excluding hydrogens is 317 g/mol. The number of halogens is 3. The number of benzene rings is 1. The number of alkyl halides is 3. The van der Waals surface area contributed by atoms with E-state index in [9.17, 15) is 18.0 Å². The molecule has 0 fully saturated rings. The SMILES string of the molecule is CSCN(Cc1ccc(C(F)(F)F)cc1)C(=O)c1cn[nH]n1. The van der Waals surface area contributed by atoms with Crippen LogP contribution in [0.15, 0.2) is 30.5 Å². The molecule has 0 atom stereocenters. The Hall–Kier alpha value is -2.03. The summed E-state index contributed by atoms with van der Waals surface area (Å²) in [5, 5.41) is 9.65. The van der Waals surface area contributed by atoms with Crippen LogP contribution in [0.1, 0.15) is 21.6 Å². The van der Waals surface area contributed by atoms with Crippen LogP contribution in [0.5, 0.6) is 0 Å². The number of nitrogens with one attached hydrogen (secondary N) is 1. The summed E-state index contributed by atoms with van der Waals surface area (Å²) >= 11 is 1.43. The Morgan fingerprint density at radius 3 is 2.50 bits per heavy atom. The lowest BCUT2D eigenvalue weighted by molar-refractivity contribution is -0.137. The van der Waals surface area contributed by atoms with Gasteiger partial charge < -0.3 is 4.90 Å². The molecule has 1 heterocycles. The number of rotatable bonds is 5. The first kappa shape index (κ1) is 16.3. The lowest BCUT2D eigenvalue weighted by atomic mass is 10.1. The molecule has 118 valence electrons. The second-order valence-corrected chi connectivity index (χ2v) is 5.31. The van der Waals surface area contributed by atoms with E-state index in [1.807, 2.05) is 6.26 Å². The average Bonchev–Trinajstić information content (AvgIpc) is 3.00. The summed E-state index contributed by atoms with van der Waals surface area (Å²) in [7, 11) is 0. The molecule has 0 unspecified atom stereocenters. The third kappa shape index (κ3) is 4.00. The lowest BCUT2D eigenvalue weighted by Gasteiger charge is -2.20. The Kier molecular flexibility index (Phi) is 5.07. The number of aromatic amines is 1. The van der Waals surface area contributed by atoms with E-state index in [1.165, 1.54) is 35.0 Å². The van der Waals surface area contributed by atoms with Gasteiger partial charge in [0.05, 0.1) is 17.6 Å². The van der Waals surface area contributed by atoms with Crippen molar-refractivity contribution in [3.05, 3.63) is 47.3 Å². The molecule has 22 heavy (non-hydrogen) atoms. The fraction of sp³-hybridized carbons (Fsp3) is 0.308. The first-order valence-electron chi connectivity index (χ1n) is 6.22. The van der Waals surface area contributed by atoms with Crippen molar-refractivity contribution in [2.45, 2.75) is 12.7 Å². The smallest absolute Gasteiger partial charge is 0.324 e. The van der Waals surface area contributed by atoms with Crippen LogP contribution in [-0.4, -0.2) is 38.4 Å². The Morgan fingerprint density at radius 2 is 2.00 bits per heavy atom. The Bertz CT molecular complexity index is 613. The van der Waals surface area contributed by atoms with E-state index in [-0.39, 0.29) is 18.1 Å². The Labute approximate surface area is 128 Å². The number of carbonyl (C=O) groups excluding carboxylic acids is 1. The van der Waals surface area contributed by atoms with E-state index in [0.29, 0.717) is 11.4 Å². The fourth-order valence-corrected chi connectivity index (χ4v) is 2.34. The summed E-state index contributed by atoms with van der Waals surface area (Å²) < 4.78 is 37.6. The van der Waals surface area contributed by atoms with Gasteiger partial charge in [-0.15, -0.1) is 11.8 Å². The summed E-state index contributed by atoms with van der Waals surface area (Å²) in [4.78, 5) is 13.7. The van der Waals surface area contributed by atoms with Gasteiger partial charge in [0.2, 0.25) is 0 Å². The molecule has 0 aliphatic heterocycles. The van der Waals surface area contributed by atoms with Crippen molar-refractivity contribution >= 4 is 17.7 Å². The van der Waals surface area contributed by atoms with Gasteiger partial charge in [-0.25, -0.2) is 0 Å². The fourth-order valence-electron chi connectivity index (χ4n) is 1.82. The zero-order chi connectivity index (χ0) is 16.2. The van der Waals surface area contributed by atoms with Crippen LogP contribution in [0.3, 0.4) is 0 Å². The molecule has 0 saturated heterocycles. The van der Waals surface area contributed by atoms with Gasteiger partial charge in [-0.3, -0.25) is 4.79 Å². The number of carbonyl (C=O) groups is 1. The second kappa shape index (κ2) is 6.82. The number of H-pyrrole nitrogens is 1. The van der Waals surface area contributed by atoms with Crippen LogP contribution in [0.2, 0.25) is 0 Å². The minimum absolute atomic E-state index is 0.168. The van der Waals surface area contributed by atoms with Gasteiger partial charge in [0.1, 0.15) is 0 Å². The van der Waals surface area contributed by atoms with Crippen molar-refractivity contribution < 1.29 is 18.0 Å². The van der Waals surface area contributed by atoms with Crippen LogP contribution in [0.4, 0.5) is 13.2 Å². The molecule has 2 aromatic rings. The number of hydrogen-bond donors (Lipinski definition) is 1. The van der Waals surface area contributed by atoms with Crippen molar-refractivity contribution in [1.82, 2.24) is 20.3 Å². The van der Waals surface area contributed by atoms with E-state index >= 15 is 0 Å². The predicted molar refractivity (Wildman–Crippen MR) is 76.1 cm³/mol. The topological polar surface area (TPSA) is 61.9 Å². The molecule has 0 bridgehead atoms. The third-order valence-electron chi connectivity index (χ3n) is 2.86. The minimum atomic E-state index is -4.37. The number of aromatic nitrogens is 3. The molecule has 0 radical (unpaired) electrons. The Balaban J connectivity index is 2.12. The highest BCUT2D eigenvalue weighted by Gasteiger charge is 2.30. The summed E-state index contributed by atoms with van der Waals surface area (Å²) in [6.45, 7) is 0.199. The minimum Gasteiger partial charge on any atom is -0.324 e. The van der Waals surface area contributed by atoms with Gasteiger partial charge >= 0.3 is 6.18 Å². The average molecular weight is 330 g/mol. The molecule has 1 N–H and O–H groups in total.